The Bertz CT molecular complexity index is 1760. The van der Waals surface area contributed by atoms with E-state index in [0.717, 1.165) is 18.2 Å². The molecule has 0 saturated carbocycles. The molecule has 5 rings (SSSR count). The molecule has 0 bridgehead atoms. The number of hydrogen-bond donors (Lipinski definition) is 0. The highest BCUT2D eigenvalue weighted by Gasteiger charge is 2.43. The third-order valence-corrected chi connectivity index (χ3v) is 6.06. The molecule has 0 radical (unpaired) electrons. The van der Waals surface area contributed by atoms with Crippen molar-refractivity contribution in [2.75, 3.05) is 0 Å². The molecule has 0 aliphatic rings. The van der Waals surface area contributed by atoms with Gasteiger partial charge in [-0.15, -0.1) is 0 Å². The first kappa shape index (κ1) is 25.5. The van der Waals surface area contributed by atoms with E-state index < -0.39 is 80.2 Å². The molecule has 38 heavy (non-hydrogen) atoms. The zero-order valence-corrected chi connectivity index (χ0v) is 18.4. The Labute approximate surface area is 205 Å². The van der Waals surface area contributed by atoms with Crippen LogP contribution in [0.1, 0.15) is 5.56 Å². The summed E-state index contributed by atoms with van der Waals surface area (Å²) in [5.74, 6) is -15.6. The van der Waals surface area contributed by atoms with Gasteiger partial charge in [-0.05, 0) is 45.8 Å². The zero-order chi connectivity index (χ0) is 27.7. The molecule has 0 aliphatic carbocycles. The summed E-state index contributed by atoms with van der Waals surface area (Å²) in [6, 6.07) is 8.22. The van der Waals surface area contributed by atoms with E-state index in [0.29, 0.717) is 18.2 Å². The molecule has 194 valence electrons. The number of alkyl halides is 3. The molecule has 5 aromatic carbocycles. The van der Waals surface area contributed by atoms with Gasteiger partial charge in [0.25, 0.3) is 0 Å². The maximum atomic E-state index is 15.1. The Morgan fingerprint density at radius 1 is 0.447 bits per heavy atom. The van der Waals surface area contributed by atoms with Gasteiger partial charge in [-0.2, -0.15) is 13.2 Å². The molecular formula is C27H9F11. The van der Waals surface area contributed by atoms with E-state index in [1.165, 1.54) is 18.2 Å². The monoisotopic (exact) mass is 542 g/mol. The normalized spacial score (nSPS) is 12.1. The number of benzene rings is 5. The van der Waals surface area contributed by atoms with Crippen molar-refractivity contribution < 1.29 is 48.3 Å². The van der Waals surface area contributed by atoms with Gasteiger partial charge in [-0.1, -0.05) is 24.3 Å². The van der Waals surface area contributed by atoms with E-state index in [1.807, 2.05) is 0 Å². The highest BCUT2D eigenvalue weighted by molar-refractivity contribution is 6.21. The van der Waals surface area contributed by atoms with Gasteiger partial charge in [-0.25, -0.2) is 35.1 Å². The molecule has 0 saturated heterocycles. The van der Waals surface area contributed by atoms with Gasteiger partial charge in [0.2, 0.25) is 0 Å². The fraction of sp³-hybridized carbons (Fsp3) is 0.0370. The van der Waals surface area contributed by atoms with E-state index in [4.69, 9.17) is 0 Å². The van der Waals surface area contributed by atoms with Crippen LogP contribution >= 0.6 is 0 Å². The molecule has 0 atom stereocenters. The van der Waals surface area contributed by atoms with Crippen molar-refractivity contribution in [1.82, 2.24) is 0 Å². The Balaban J connectivity index is 2.06. The van der Waals surface area contributed by atoms with Crippen molar-refractivity contribution in [3.8, 4) is 22.3 Å². The average Bonchev–Trinajstić information content (AvgIpc) is 2.83. The number of hydrogen-bond acceptors (Lipinski definition) is 0. The van der Waals surface area contributed by atoms with Gasteiger partial charge < -0.3 is 0 Å². The van der Waals surface area contributed by atoms with Crippen LogP contribution in [0.15, 0.2) is 54.6 Å². The van der Waals surface area contributed by atoms with E-state index in [-0.39, 0.29) is 21.9 Å². The minimum Gasteiger partial charge on any atom is -0.207 e. The van der Waals surface area contributed by atoms with Crippen LogP contribution in [0.2, 0.25) is 0 Å². The Hall–Kier alpha value is -4.15. The summed E-state index contributed by atoms with van der Waals surface area (Å²) < 4.78 is 156. The Morgan fingerprint density at radius 2 is 0.947 bits per heavy atom. The lowest BCUT2D eigenvalue weighted by atomic mass is 9.85. The molecule has 0 amide bonds. The summed E-state index contributed by atoms with van der Waals surface area (Å²) in [4.78, 5) is 0. The fourth-order valence-corrected chi connectivity index (χ4v) is 4.52. The first-order chi connectivity index (χ1) is 17.8. The lowest BCUT2D eigenvalue weighted by molar-refractivity contribution is -0.143. The van der Waals surface area contributed by atoms with Crippen molar-refractivity contribution in [3.63, 3.8) is 0 Å². The number of halogens is 11. The second kappa shape index (κ2) is 8.71. The minimum atomic E-state index is -5.81. The fourth-order valence-electron chi connectivity index (χ4n) is 4.52. The molecule has 0 heterocycles. The molecule has 0 N–H and O–H groups in total. The van der Waals surface area contributed by atoms with Gasteiger partial charge >= 0.3 is 6.18 Å². The predicted octanol–water partition coefficient (Wildman–Crippen LogP) is 9.46. The number of fused-ring (bicyclic) bond motifs is 2. The molecule has 5 aromatic rings. The van der Waals surface area contributed by atoms with Crippen LogP contribution < -0.4 is 0 Å². The average molecular weight is 542 g/mol. The lowest BCUT2D eigenvalue weighted by Crippen LogP contribution is -2.16. The van der Waals surface area contributed by atoms with Gasteiger partial charge in [0.05, 0.1) is 5.56 Å². The van der Waals surface area contributed by atoms with Gasteiger partial charge in [0.1, 0.15) is 17.2 Å². The van der Waals surface area contributed by atoms with Crippen LogP contribution in [0.3, 0.4) is 0 Å². The summed E-state index contributed by atoms with van der Waals surface area (Å²) in [6.45, 7) is 0. The summed E-state index contributed by atoms with van der Waals surface area (Å²) in [7, 11) is 0. The third kappa shape index (κ3) is 3.75. The molecule has 0 fully saturated rings. The van der Waals surface area contributed by atoms with Gasteiger partial charge in [-0.3, -0.25) is 0 Å². The maximum absolute atomic E-state index is 15.1. The highest BCUT2D eigenvalue weighted by atomic mass is 19.4. The van der Waals surface area contributed by atoms with Crippen molar-refractivity contribution >= 4 is 21.5 Å². The largest absolute Gasteiger partial charge is 0.422 e. The van der Waals surface area contributed by atoms with Crippen molar-refractivity contribution in [2.45, 2.75) is 6.18 Å². The number of rotatable bonds is 2. The predicted molar refractivity (Wildman–Crippen MR) is 117 cm³/mol. The zero-order valence-electron chi connectivity index (χ0n) is 18.4. The van der Waals surface area contributed by atoms with Crippen LogP contribution in [0.4, 0.5) is 48.3 Å². The standard InChI is InChI=1S/C27H9F11/c28-10-5-6-13(16(29)7-10)19-11-3-1-2-4-12(11)20(15-9-18(31)17(30)8-14(15)19)21-23(32)25(34)22(27(36,37)38)26(35)24(21)33/h1-9H. The van der Waals surface area contributed by atoms with Gasteiger partial charge in [0, 0.05) is 22.8 Å². The van der Waals surface area contributed by atoms with Crippen molar-refractivity contribution in [1.29, 1.82) is 0 Å². The summed E-state index contributed by atoms with van der Waals surface area (Å²) in [6.07, 6.45) is -5.81. The topological polar surface area (TPSA) is 0 Å². The third-order valence-electron chi connectivity index (χ3n) is 6.06. The maximum Gasteiger partial charge on any atom is 0.422 e. The van der Waals surface area contributed by atoms with Crippen molar-refractivity contribution in [3.05, 3.63) is 107 Å². The molecule has 0 aliphatic heterocycles. The lowest BCUT2D eigenvalue weighted by Gasteiger charge is -2.20. The quantitative estimate of drug-likeness (QED) is 0.118. The molecule has 11 heteroatoms. The van der Waals surface area contributed by atoms with Gasteiger partial charge in [0.15, 0.2) is 34.9 Å². The highest BCUT2D eigenvalue weighted by Crippen LogP contribution is 2.48. The second-order valence-corrected chi connectivity index (χ2v) is 8.24. The van der Waals surface area contributed by atoms with Crippen LogP contribution in [0, 0.1) is 46.5 Å². The first-order valence-corrected chi connectivity index (χ1v) is 10.5. The molecule has 0 unspecified atom stereocenters. The van der Waals surface area contributed by atoms with E-state index in [2.05, 4.69) is 0 Å². The summed E-state index contributed by atoms with van der Waals surface area (Å²) in [5, 5.41) is -1.47. The molecular weight excluding hydrogens is 533 g/mol. The van der Waals surface area contributed by atoms with Crippen LogP contribution in [-0.4, -0.2) is 0 Å². The SMILES string of the molecule is Fc1ccc(-c2c3ccccc3c(-c3c(F)c(F)c(C(F)(F)F)c(F)c3F)c3cc(F)c(F)cc23)c(F)c1. The Morgan fingerprint density at radius 3 is 1.45 bits per heavy atom. The van der Waals surface area contributed by atoms with Crippen molar-refractivity contribution in [2.24, 2.45) is 0 Å². The second-order valence-electron chi connectivity index (χ2n) is 8.24. The molecule has 0 spiro atoms. The van der Waals surface area contributed by atoms with E-state index in [9.17, 15) is 39.5 Å². The smallest absolute Gasteiger partial charge is 0.207 e. The molecule has 0 nitrogen and oxygen atoms in total. The van der Waals surface area contributed by atoms with E-state index >= 15 is 8.78 Å². The van der Waals surface area contributed by atoms with Crippen LogP contribution in [0.5, 0.6) is 0 Å². The molecule has 0 aromatic heterocycles. The first-order valence-electron chi connectivity index (χ1n) is 10.5. The minimum absolute atomic E-state index is 0.119. The van der Waals surface area contributed by atoms with E-state index in [1.54, 1.807) is 0 Å². The van der Waals surface area contributed by atoms with Crippen LogP contribution in [-0.2, 0) is 6.18 Å². The van der Waals surface area contributed by atoms with Crippen LogP contribution in [0.25, 0.3) is 43.8 Å². The Kier molecular flexibility index (Phi) is 5.85. The summed E-state index contributed by atoms with van der Waals surface area (Å²) in [5.41, 5.74) is -5.80. The summed E-state index contributed by atoms with van der Waals surface area (Å²) >= 11 is 0.